The molecular formula is C11H17N3O6. The lowest BCUT2D eigenvalue weighted by Gasteiger charge is -2.46. The van der Waals surface area contributed by atoms with Crippen LogP contribution in [0.25, 0.3) is 0 Å². The second-order valence-corrected chi connectivity index (χ2v) is 5.04. The molecule has 1 saturated heterocycles. The molecule has 5 atom stereocenters. The van der Waals surface area contributed by atoms with E-state index in [9.17, 15) is 14.4 Å². The average molecular weight is 287 g/mol. The number of carbonyl (C=O) groups excluding carboxylic acids is 3. The summed E-state index contributed by atoms with van der Waals surface area (Å²) in [6, 6.07) is -1.35. The third kappa shape index (κ3) is 2.47. The van der Waals surface area contributed by atoms with Crippen LogP contribution in [0.3, 0.4) is 0 Å². The number of rotatable bonds is 3. The minimum Gasteiger partial charge on any atom is -0.469 e. The van der Waals surface area contributed by atoms with E-state index < -0.39 is 35.8 Å². The molecule has 9 heteroatoms. The zero-order chi connectivity index (χ0) is 14.9. The monoisotopic (exact) mass is 287 g/mol. The topological polar surface area (TPSA) is 126 Å². The zero-order valence-electron chi connectivity index (χ0n) is 11.1. The van der Waals surface area contributed by atoms with Gasteiger partial charge in [0.2, 0.25) is 0 Å². The first-order valence-corrected chi connectivity index (χ1v) is 6.24. The molecule has 112 valence electrons. The molecule has 2 fully saturated rings. The number of hydroxylamine groups is 1. The summed E-state index contributed by atoms with van der Waals surface area (Å²) in [4.78, 5) is 38.8. The van der Waals surface area contributed by atoms with Gasteiger partial charge in [0.1, 0.15) is 0 Å². The molecule has 20 heavy (non-hydrogen) atoms. The highest BCUT2D eigenvalue weighted by Gasteiger charge is 2.50. The van der Waals surface area contributed by atoms with Crippen LogP contribution in [-0.2, 0) is 24.1 Å². The summed E-state index contributed by atoms with van der Waals surface area (Å²) in [5, 5.41) is 13.6. The van der Waals surface area contributed by atoms with Crippen LogP contribution in [0, 0.1) is 11.8 Å². The van der Waals surface area contributed by atoms with Crippen LogP contribution in [-0.4, -0.2) is 48.3 Å². The summed E-state index contributed by atoms with van der Waals surface area (Å²) < 4.78 is 4.76. The molecule has 9 nitrogen and oxygen atoms in total. The molecule has 0 radical (unpaired) electrons. The maximum Gasteiger partial charge on any atom is 0.311 e. The van der Waals surface area contributed by atoms with Gasteiger partial charge in [0, 0.05) is 6.04 Å². The third-order valence-electron chi connectivity index (χ3n) is 4.03. The molecule has 0 aromatic carbocycles. The van der Waals surface area contributed by atoms with E-state index in [1.807, 2.05) is 0 Å². The Kier molecular flexibility index (Phi) is 4.21. The molecule has 2 rings (SSSR count). The van der Waals surface area contributed by atoms with Gasteiger partial charge in [-0.1, -0.05) is 6.92 Å². The Bertz CT molecular complexity index is 428. The van der Waals surface area contributed by atoms with Crippen LogP contribution in [0.15, 0.2) is 0 Å². The smallest absolute Gasteiger partial charge is 0.311 e. The molecule has 2 amide bonds. The van der Waals surface area contributed by atoms with Gasteiger partial charge in [0.15, 0.2) is 0 Å². The van der Waals surface area contributed by atoms with E-state index in [-0.39, 0.29) is 12.0 Å². The number of nitrogens with one attached hydrogen (secondary N) is 3. The van der Waals surface area contributed by atoms with Crippen molar-refractivity contribution in [1.29, 1.82) is 0 Å². The first kappa shape index (κ1) is 14.7. The lowest BCUT2D eigenvalue weighted by Crippen LogP contribution is -2.70. The Labute approximate surface area is 114 Å². The number of hydrogen-bond acceptors (Lipinski definition) is 7. The first-order valence-electron chi connectivity index (χ1n) is 6.24. The van der Waals surface area contributed by atoms with Crippen molar-refractivity contribution in [3.63, 3.8) is 0 Å². The summed E-state index contributed by atoms with van der Waals surface area (Å²) in [5.74, 6) is -2.93. The van der Waals surface area contributed by atoms with Crippen LogP contribution in [0.4, 0.5) is 0 Å². The summed E-state index contributed by atoms with van der Waals surface area (Å²) in [6.45, 7) is 1.77. The Hall–Kier alpha value is -1.71. The van der Waals surface area contributed by atoms with Gasteiger partial charge in [0.25, 0.3) is 0 Å². The van der Waals surface area contributed by atoms with Gasteiger partial charge < -0.3 is 15.4 Å². The highest BCUT2D eigenvalue weighted by molar-refractivity contribution is 6.35. The minimum absolute atomic E-state index is 0.272. The van der Waals surface area contributed by atoms with Crippen molar-refractivity contribution in [2.75, 3.05) is 7.11 Å². The van der Waals surface area contributed by atoms with Gasteiger partial charge in [-0.15, -0.1) is 4.99 Å². The van der Waals surface area contributed by atoms with E-state index in [1.165, 1.54) is 7.11 Å². The normalized spacial score (nSPS) is 36.6. The SMILES string of the molecule is COC(=O)C1C(C)C(NOO)CC2NC(=O)C(=O)NC21. The van der Waals surface area contributed by atoms with Crippen LogP contribution < -0.4 is 16.1 Å². The fraction of sp³-hybridized carbons (Fsp3) is 0.727. The van der Waals surface area contributed by atoms with Crippen molar-refractivity contribution >= 4 is 17.8 Å². The fourth-order valence-electron chi connectivity index (χ4n) is 2.97. The number of hydrogen-bond donors (Lipinski definition) is 4. The summed E-state index contributed by atoms with van der Waals surface area (Å²) in [6.07, 6.45) is 0.395. The number of amides is 2. The van der Waals surface area contributed by atoms with Crippen molar-refractivity contribution in [2.45, 2.75) is 31.5 Å². The standard InChI is InChI=1S/C11H17N3O6/c1-4-5(14-20-18)3-6-8(7(4)11(17)19-2)13-10(16)9(15)12-6/h4-8,14,18H,3H2,1-2H3,(H,12,15)(H,13,16). The van der Waals surface area contributed by atoms with E-state index in [0.717, 1.165) is 0 Å². The van der Waals surface area contributed by atoms with Crippen molar-refractivity contribution in [3.05, 3.63) is 0 Å². The average Bonchev–Trinajstić information content (AvgIpc) is 2.42. The second-order valence-electron chi connectivity index (χ2n) is 5.04. The van der Waals surface area contributed by atoms with Gasteiger partial charge in [-0.05, 0) is 12.3 Å². The lowest BCUT2D eigenvalue weighted by atomic mass is 9.70. The Morgan fingerprint density at radius 3 is 2.60 bits per heavy atom. The molecule has 0 spiro atoms. The Morgan fingerprint density at radius 1 is 1.35 bits per heavy atom. The maximum absolute atomic E-state index is 12.0. The number of esters is 1. The molecule has 0 aromatic heterocycles. The number of piperazine rings is 1. The summed E-state index contributed by atoms with van der Waals surface area (Å²) in [7, 11) is 1.26. The predicted molar refractivity (Wildman–Crippen MR) is 63.8 cm³/mol. The quantitative estimate of drug-likeness (QED) is 0.208. The van der Waals surface area contributed by atoms with Crippen LogP contribution in [0.2, 0.25) is 0 Å². The first-order chi connectivity index (χ1) is 9.49. The zero-order valence-corrected chi connectivity index (χ0v) is 11.1. The van der Waals surface area contributed by atoms with Crippen LogP contribution in [0.1, 0.15) is 13.3 Å². The number of carbonyl (C=O) groups is 3. The summed E-state index contributed by atoms with van der Waals surface area (Å²) >= 11 is 0. The van der Waals surface area contributed by atoms with Crippen molar-refractivity contribution in [3.8, 4) is 0 Å². The van der Waals surface area contributed by atoms with Gasteiger partial charge in [-0.3, -0.25) is 14.4 Å². The van der Waals surface area contributed by atoms with Gasteiger partial charge >= 0.3 is 17.8 Å². The number of methoxy groups -OCH3 is 1. The molecule has 4 N–H and O–H groups in total. The van der Waals surface area contributed by atoms with Crippen LogP contribution in [0.5, 0.6) is 0 Å². The summed E-state index contributed by atoms with van der Waals surface area (Å²) in [5.41, 5.74) is 2.39. The predicted octanol–water partition coefficient (Wildman–Crippen LogP) is -1.84. The highest BCUT2D eigenvalue weighted by Crippen LogP contribution is 2.33. The van der Waals surface area contributed by atoms with Gasteiger partial charge in [-0.2, -0.15) is 5.48 Å². The van der Waals surface area contributed by atoms with E-state index in [4.69, 9.17) is 9.99 Å². The van der Waals surface area contributed by atoms with E-state index in [2.05, 4.69) is 21.1 Å². The number of fused-ring (bicyclic) bond motifs is 1. The lowest BCUT2D eigenvalue weighted by molar-refractivity contribution is -0.304. The molecular weight excluding hydrogens is 270 g/mol. The maximum atomic E-state index is 12.0. The molecule has 5 unspecified atom stereocenters. The van der Waals surface area contributed by atoms with E-state index >= 15 is 0 Å². The molecule has 1 saturated carbocycles. The largest absolute Gasteiger partial charge is 0.469 e. The van der Waals surface area contributed by atoms with E-state index in [1.54, 1.807) is 6.92 Å². The molecule has 1 aliphatic heterocycles. The highest BCUT2D eigenvalue weighted by atomic mass is 17.2. The van der Waals surface area contributed by atoms with Crippen molar-refractivity contribution in [1.82, 2.24) is 16.1 Å². The van der Waals surface area contributed by atoms with Crippen molar-refractivity contribution in [2.24, 2.45) is 11.8 Å². The second kappa shape index (κ2) is 5.73. The van der Waals surface area contributed by atoms with Gasteiger partial charge in [0.05, 0.1) is 25.1 Å². The molecule has 0 bridgehead atoms. The van der Waals surface area contributed by atoms with Crippen molar-refractivity contribution < 1.29 is 29.4 Å². The molecule has 1 heterocycles. The third-order valence-corrected chi connectivity index (χ3v) is 4.03. The Morgan fingerprint density at radius 2 is 2.00 bits per heavy atom. The molecule has 0 aromatic rings. The van der Waals surface area contributed by atoms with E-state index in [0.29, 0.717) is 6.42 Å². The number of ether oxygens (including phenoxy) is 1. The Balaban J connectivity index is 2.26. The minimum atomic E-state index is -0.767. The van der Waals surface area contributed by atoms with Gasteiger partial charge in [-0.25, -0.2) is 5.26 Å². The molecule has 1 aliphatic carbocycles. The fourth-order valence-corrected chi connectivity index (χ4v) is 2.97. The molecule has 2 aliphatic rings. The van der Waals surface area contributed by atoms with Crippen LogP contribution >= 0.6 is 0 Å².